The minimum absolute atomic E-state index is 0.0237. The molecule has 0 aromatic heterocycles. The number of carbonyl (C=O) groups is 2. The van der Waals surface area contributed by atoms with Crippen molar-refractivity contribution in [1.82, 2.24) is 15.1 Å². The van der Waals surface area contributed by atoms with E-state index in [0.29, 0.717) is 19.6 Å². The van der Waals surface area contributed by atoms with E-state index in [-0.39, 0.29) is 18.2 Å². The van der Waals surface area contributed by atoms with Crippen LogP contribution in [0.1, 0.15) is 10.4 Å². The van der Waals surface area contributed by atoms with Gasteiger partial charge in [-0.25, -0.2) is 8.78 Å². The lowest BCUT2D eigenvalue weighted by atomic mass is 10.1. The van der Waals surface area contributed by atoms with E-state index in [4.69, 9.17) is 4.74 Å². The second-order valence-electron chi connectivity index (χ2n) is 5.53. The summed E-state index contributed by atoms with van der Waals surface area (Å²) < 4.78 is 32.5. The van der Waals surface area contributed by atoms with Crippen molar-refractivity contribution in [3.63, 3.8) is 0 Å². The molecule has 0 saturated carbocycles. The summed E-state index contributed by atoms with van der Waals surface area (Å²) in [6.07, 6.45) is 0. The van der Waals surface area contributed by atoms with Crippen LogP contribution in [0.5, 0.6) is 5.75 Å². The van der Waals surface area contributed by atoms with E-state index < -0.39 is 29.1 Å². The van der Waals surface area contributed by atoms with Gasteiger partial charge < -0.3 is 15.0 Å². The van der Waals surface area contributed by atoms with E-state index in [0.717, 1.165) is 12.6 Å². The molecule has 23 heavy (non-hydrogen) atoms. The van der Waals surface area contributed by atoms with Crippen molar-refractivity contribution in [2.45, 2.75) is 6.04 Å². The predicted molar refractivity (Wildman–Crippen MR) is 77.2 cm³/mol. The normalized spacial score (nSPS) is 21.6. The van der Waals surface area contributed by atoms with E-state index >= 15 is 0 Å². The molecule has 0 unspecified atom stereocenters. The Hall–Kier alpha value is -2.22. The minimum atomic E-state index is -1.23. The Kier molecular flexibility index (Phi) is 4.16. The monoisotopic (exact) mass is 325 g/mol. The highest BCUT2D eigenvalue weighted by molar-refractivity contribution is 5.98. The third kappa shape index (κ3) is 2.74. The lowest BCUT2D eigenvalue weighted by Crippen LogP contribution is -2.64. The largest absolute Gasteiger partial charge is 0.496 e. The molecule has 1 atom stereocenters. The first-order valence-corrected chi connectivity index (χ1v) is 7.36. The van der Waals surface area contributed by atoms with Gasteiger partial charge in [0, 0.05) is 32.7 Å². The quantitative estimate of drug-likeness (QED) is 0.846. The molecule has 0 aliphatic carbocycles. The van der Waals surface area contributed by atoms with Crippen LogP contribution in [0.25, 0.3) is 0 Å². The zero-order chi connectivity index (χ0) is 16.6. The maximum Gasteiger partial charge on any atom is 0.260 e. The van der Waals surface area contributed by atoms with Crippen molar-refractivity contribution in [3.05, 3.63) is 29.3 Å². The summed E-state index contributed by atoms with van der Waals surface area (Å²) in [5.41, 5.74) is -0.433. The smallest absolute Gasteiger partial charge is 0.260 e. The van der Waals surface area contributed by atoms with E-state index in [2.05, 4.69) is 5.32 Å². The second-order valence-corrected chi connectivity index (χ2v) is 5.53. The number of nitrogens with zero attached hydrogens (tertiary/aromatic N) is 2. The van der Waals surface area contributed by atoms with Crippen molar-refractivity contribution in [2.75, 3.05) is 39.8 Å². The number of ether oxygens (including phenoxy) is 1. The number of nitrogens with one attached hydrogen (secondary N) is 1. The van der Waals surface area contributed by atoms with Crippen molar-refractivity contribution >= 4 is 11.8 Å². The van der Waals surface area contributed by atoms with Crippen LogP contribution in [0.3, 0.4) is 0 Å². The SMILES string of the molecule is COc1ccc(F)c(F)c1C(=O)N1CCN2CCNC(=O)[C@@H]2C1. The van der Waals surface area contributed by atoms with Crippen LogP contribution in [-0.4, -0.2) is 67.5 Å². The standard InChI is InChI=1S/C15H17F2N3O3/c1-23-11-3-2-9(16)13(17)12(11)15(22)20-7-6-19-5-4-18-14(21)10(19)8-20/h2-3,10H,4-8H2,1H3,(H,18,21)/t10-/m0/s1. The summed E-state index contributed by atoms with van der Waals surface area (Å²) in [6, 6.07) is 1.68. The number of hydrogen-bond acceptors (Lipinski definition) is 4. The Bertz CT molecular complexity index is 653. The van der Waals surface area contributed by atoms with Gasteiger partial charge in [-0.2, -0.15) is 0 Å². The molecule has 2 aliphatic heterocycles. The van der Waals surface area contributed by atoms with Gasteiger partial charge >= 0.3 is 0 Å². The number of piperazine rings is 2. The Morgan fingerprint density at radius 2 is 2.09 bits per heavy atom. The molecule has 0 radical (unpaired) electrons. The molecule has 2 amide bonds. The lowest BCUT2D eigenvalue weighted by Gasteiger charge is -2.43. The average Bonchev–Trinajstić information content (AvgIpc) is 2.56. The molecule has 2 heterocycles. The number of amides is 2. The highest BCUT2D eigenvalue weighted by Gasteiger charge is 2.37. The number of methoxy groups -OCH3 is 1. The minimum Gasteiger partial charge on any atom is -0.496 e. The van der Waals surface area contributed by atoms with E-state index in [9.17, 15) is 18.4 Å². The third-order valence-electron chi connectivity index (χ3n) is 4.27. The fourth-order valence-electron chi connectivity index (χ4n) is 3.02. The number of fused-ring (bicyclic) bond motifs is 1. The van der Waals surface area contributed by atoms with Crippen LogP contribution >= 0.6 is 0 Å². The number of carbonyl (C=O) groups excluding carboxylic acids is 2. The Morgan fingerprint density at radius 1 is 1.30 bits per heavy atom. The lowest BCUT2D eigenvalue weighted by molar-refractivity contribution is -0.131. The van der Waals surface area contributed by atoms with Crippen LogP contribution in [-0.2, 0) is 4.79 Å². The van der Waals surface area contributed by atoms with Crippen LogP contribution in [0, 0.1) is 11.6 Å². The molecule has 1 aromatic rings. The van der Waals surface area contributed by atoms with Crippen LogP contribution < -0.4 is 10.1 Å². The molecular weight excluding hydrogens is 308 g/mol. The van der Waals surface area contributed by atoms with Crippen molar-refractivity contribution in [2.24, 2.45) is 0 Å². The average molecular weight is 325 g/mol. The van der Waals surface area contributed by atoms with Crippen molar-refractivity contribution in [1.29, 1.82) is 0 Å². The summed E-state index contributed by atoms with van der Waals surface area (Å²) in [6.45, 7) is 2.31. The third-order valence-corrected chi connectivity index (χ3v) is 4.27. The molecule has 8 heteroatoms. The van der Waals surface area contributed by atoms with Gasteiger partial charge in [0.2, 0.25) is 5.91 Å². The molecule has 2 saturated heterocycles. The fraction of sp³-hybridized carbons (Fsp3) is 0.467. The maximum atomic E-state index is 14.1. The molecule has 3 rings (SSSR count). The van der Waals surface area contributed by atoms with Crippen LogP contribution in [0.15, 0.2) is 12.1 Å². The summed E-state index contributed by atoms with van der Waals surface area (Å²) in [5.74, 6) is -3.19. The Balaban J connectivity index is 1.87. The fourth-order valence-corrected chi connectivity index (χ4v) is 3.02. The van der Waals surface area contributed by atoms with E-state index in [1.54, 1.807) is 0 Å². The Morgan fingerprint density at radius 3 is 2.83 bits per heavy atom. The topological polar surface area (TPSA) is 61.9 Å². The van der Waals surface area contributed by atoms with Gasteiger partial charge in [-0.05, 0) is 12.1 Å². The number of benzene rings is 1. The van der Waals surface area contributed by atoms with Crippen molar-refractivity contribution in [3.8, 4) is 5.75 Å². The molecular formula is C15H17F2N3O3. The molecule has 2 aliphatic rings. The molecule has 0 bridgehead atoms. The highest BCUT2D eigenvalue weighted by Crippen LogP contribution is 2.26. The van der Waals surface area contributed by atoms with Gasteiger partial charge in [-0.15, -0.1) is 0 Å². The summed E-state index contributed by atoms with van der Waals surface area (Å²) in [5, 5.41) is 2.75. The van der Waals surface area contributed by atoms with Crippen LogP contribution in [0.2, 0.25) is 0 Å². The molecule has 6 nitrogen and oxygen atoms in total. The van der Waals surface area contributed by atoms with Gasteiger partial charge in [0.15, 0.2) is 11.6 Å². The van der Waals surface area contributed by atoms with E-state index in [1.165, 1.54) is 18.1 Å². The zero-order valence-electron chi connectivity index (χ0n) is 12.6. The Labute approximate surface area is 132 Å². The first-order valence-electron chi connectivity index (χ1n) is 7.36. The zero-order valence-corrected chi connectivity index (χ0v) is 12.6. The number of halogens is 2. The van der Waals surface area contributed by atoms with Gasteiger partial charge in [-0.1, -0.05) is 0 Å². The number of rotatable bonds is 2. The van der Waals surface area contributed by atoms with E-state index in [1.807, 2.05) is 4.90 Å². The van der Waals surface area contributed by atoms with Crippen LogP contribution in [0.4, 0.5) is 8.78 Å². The second kappa shape index (κ2) is 6.11. The first kappa shape index (κ1) is 15.7. The molecule has 1 N–H and O–H groups in total. The summed E-state index contributed by atoms with van der Waals surface area (Å²) >= 11 is 0. The molecule has 1 aromatic carbocycles. The number of hydrogen-bond donors (Lipinski definition) is 1. The van der Waals surface area contributed by atoms with Gasteiger partial charge in [-0.3, -0.25) is 14.5 Å². The van der Waals surface area contributed by atoms with Gasteiger partial charge in [0.25, 0.3) is 5.91 Å². The summed E-state index contributed by atoms with van der Waals surface area (Å²) in [7, 11) is 1.29. The van der Waals surface area contributed by atoms with Crippen molar-refractivity contribution < 1.29 is 23.1 Å². The molecule has 124 valence electrons. The molecule has 0 spiro atoms. The highest BCUT2D eigenvalue weighted by atomic mass is 19.2. The predicted octanol–water partition coefficient (Wildman–Crippen LogP) is 0.230. The maximum absolute atomic E-state index is 14.1. The first-order chi connectivity index (χ1) is 11.0. The van der Waals surface area contributed by atoms with Gasteiger partial charge in [0.05, 0.1) is 7.11 Å². The van der Waals surface area contributed by atoms with Gasteiger partial charge in [0.1, 0.15) is 17.4 Å². The summed E-state index contributed by atoms with van der Waals surface area (Å²) in [4.78, 5) is 27.9. The molecule has 2 fully saturated rings.